The van der Waals surface area contributed by atoms with Gasteiger partial charge in [-0.15, -0.1) is 0 Å². The van der Waals surface area contributed by atoms with Crippen molar-refractivity contribution in [2.75, 3.05) is 7.11 Å². The second-order valence-corrected chi connectivity index (χ2v) is 5.06. The van der Waals surface area contributed by atoms with Crippen LogP contribution < -0.4 is 10.5 Å². The van der Waals surface area contributed by atoms with E-state index in [1.54, 1.807) is 30.3 Å². The molecular formula is C15H12Cl2N2O3. The number of benzene rings is 2. The van der Waals surface area contributed by atoms with Gasteiger partial charge in [-0.2, -0.15) is 0 Å². The molecule has 0 spiro atoms. The zero-order chi connectivity index (χ0) is 16.1. The molecule has 2 N–H and O–H groups in total. The first kappa shape index (κ1) is 16.1. The molecule has 114 valence electrons. The SMILES string of the molecule is COc1cccc(C(=O)O/N=C(\N)c2ccc(Cl)cc2Cl)c1. The van der Waals surface area contributed by atoms with E-state index in [0.717, 1.165) is 0 Å². The van der Waals surface area contributed by atoms with Crippen molar-refractivity contribution in [2.45, 2.75) is 0 Å². The molecule has 0 bridgehead atoms. The van der Waals surface area contributed by atoms with E-state index in [-0.39, 0.29) is 11.4 Å². The van der Waals surface area contributed by atoms with Gasteiger partial charge in [0, 0.05) is 10.6 Å². The van der Waals surface area contributed by atoms with Gasteiger partial charge in [0.05, 0.1) is 17.7 Å². The van der Waals surface area contributed by atoms with Crippen LogP contribution in [0.4, 0.5) is 0 Å². The minimum atomic E-state index is -0.660. The van der Waals surface area contributed by atoms with Gasteiger partial charge in [-0.25, -0.2) is 4.79 Å². The van der Waals surface area contributed by atoms with Gasteiger partial charge in [0.15, 0.2) is 5.84 Å². The first-order valence-corrected chi connectivity index (χ1v) is 6.91. The molecule has 0 atom stereocenters. The molecule has 0 fully saturated rings. The number of ether oxygens (including phenoxy) is 1. The fraction of sp³-hybridized carbons (Fsp3) is 0.0667. The van der Waals surface area contributed by atoms with Crippen LogP contribution in [0.5, 0.6) is 5.75 Å². The normalized spacial score (nSPS) is 11.1. The molecule has 0 unspecified atom stereocenters. The summed E-state index contributed by atoms with van der Waals surface area (Å²) in [4.78, 5) is 16.7. The number of halogens is 2. The van der Waals surface area contributed by atoms with Crippen molar-refractivity contribution < 1.29 is 14.4 Å². The summed E-state index contributed by atoms with van der Waals surface area (Å²) in [7, 11) is 1.50. The third-order valence-electron chi connectivity index (χ3n) is 2.74. The van der Waals surface area contributed by atoms with Gasteiger partial charge in [0.2, 0.25) is 0 Å². The van der Waals surface area contributed by atoms with E-state index in [2.05, 4.69) is 5.16 Å². The van der Waals surface area contributed by atoms with Crippen LogP contribution in [0.2, 0.25) is 10.0 Å². The summed E-state index contributed by atoms with van der Waals surface area (Å²) in [5.41, 5.74) is 6.46. The summed E-state index contributed by atoms with van der Waals surface area (Å²) >= 11 is 11.8. The monoisotopic (exact) mass is 338 g/mol. The molecule has 22 heavy (non-hydrogen) atoms. The first-order valence-electron chi connectivity index (χ1n) is 6.15. The van der Waals surface area contributed by atoms with Crippen LogP contribution in [-0.4, -0.2) is 18.9 Å². The predicted molar refractivity (Wildman–Crippen MR) is 85.6 cm³/mol. The lowest BCUT2D eigenvalue weighted by Crippen LogP contribution is -2.15. The average Bonchev–Trinajstić information content (AvgIpc) is 2.52. The Kier molecular flexibility index (Phi) is 5.25. The van der Waals surface area contributed by atoms with Gasteiger partial charge in [-0.05, 0) is 36.4 Å². The number of nitrogens with zero attached hydrogens (tertiary/aromatic N) is 1. The Morgan fingerprint density at radius 2 is 1.95 bits per heavy atom. The fourth-order valence-electron chi connectivity index (χ4n) is 1.64. The van der Waals surface area contributed by atoms with E-state index in [9.17, 15) is 4.79 Å². The van der Waals surface area contributed by atoms with Crippen molar-refractivity contribution in [1.29, 1.82) is 0 Å². The van der Waals surface area contributed by atoms with Crippen LogP contribution in [0.25, 0.3) is 0 Å². The maximum absolute atomic E-state index is 11.9. The van der Waals surface area contributed by atoms with Gasteiger partial charge >= 0.3 is 5.97 Å². The maximum atomic E-state index is 11.9. The molecule has 2 aromatic carbocycles. The average molecular weight is 339 g/mol. The van der Waals surface area contributed by atoms with E-state index >= 15 is 0 Å². The van der Waals surface area contributed by atoms with Gasteiger partial charge in [0.1, 0.15) is 5.75 Å². The highest BCUT2D eigenvalue weighted by Gasteiger charge is 2.10. The molecule has 5 nitrogen and oxygen atoms in total. The number of carbonyl (C=O) groups is 1. The second kappa shape index (κ2) is 7.15. The number of amidine groups is 1. The molecule has 0 amide bonds. The molecule has 0 aliphatic rings. The summed E-state index contributed by atoms with van der Waals surface area (Å²) in [5.74, 6) is -0.156. The Bertz CT molecular complexity index is 732. The van der Waals surface area contributed by atoms with Crippen molar-refractivity contribution in [3.63, 3.8) is 0 Å². The Hall–Kier alpha value is -2.24. The molecular weight excluding hydrogens is 327 g/mol. The fourth-order valence-corrected chi connectivity index (χ4v) is 2.15. The quantitative estimate of drug-likeness (QED) is 0.401. The topological polar surface area (TPSA) is 73.9 Å². The summed E-state index contributed by atoms with van der Waals surface area (Å²) < 4.78 is 5.03. The number of methoxy groups -OCH3 is 1. The molecule has 2 aromatic rings. The minimum absolute atomic E-state index is 0.0297. The Morgan fingerprint density at radius 1 is 1.18 bits per heavy atom. The molecule has 0 saturated heterocycles. The zero-order valence-corrected chi connectivity index (χ0v) is 13.1. The molecule has 0 aliphatic carbocycles. The highest BCUT2D eigenvalue weighted by molar-refractivity contribution is 6.36. The van der Waals surface area contributed by atoms with E-state index in [1.807, 2.05) is 0 Å². The van der Waals surface area contributed by atoms with E-state index in [0.29, 0.717) is 21.4 Å². The molecule has 0 radical (unpaired) electrons. The predicted octanol–water partition coefficient (Wildman–Crippen LogP) is 3.48. The number of oxime groups is 1. The van der Waals surface area contributed by atoms with Gasteiger partial charge in [-0.1, -0.05) is 34.4 Å². The highest BCUT2D eigenvalue weighted by Crippen LogP contribution is 2.21. The van der Waals surface area contributed by atoms with Gasteiger partial charge in [-0.3, -0.25) is 0 Å². The number of hydrogen-bond donors (Lipinski definition) is 1. The number of carbonyl (C=O) groups excluding carboxylic acids is 1. The molecule has 2 rings (SSSR count). The largest absolute Gasteiger partial charge is 0.497 e. The Labute approximate surface area is 137 Å². The molecule has 7 heteroatoms. The number of nitrogens with two attached hydrogens (primary N) is 1. The minimum Gasteiger partial charge on any atom is -0.497 e. The van der Waals surface area contributed by atoms with Crippen molar-refractivity contribution >= 4 is 35.0 Å². The molecule has 0 heterocycles. The highest BCUT2D eigenvalue weighted by atomic mass is 35.5. The van der Waals surface area contributed by atoms with Crippen LogP contribution in [0.15, 0.2) is 47.6 Å². The van der Waals surface area contributed by atoms with Gasteiger partial charge in [0.25, 0.3) is 0 Å². The van der Waals surface area contributed by atoms with Crippen molar-refractivity contribution in [1.82, 2.24) is 0 Å². The van der Waals surface area contributed by atoms with Crippen LogP contribution in [0.3, 0.4) is 0 Å². The third-order valence-corrected chi connectivity index (χ3v) is 3.29. The lowest BCUT2D eigenvalue weighted by Gasteiger charge is -2.05. The number of hydrogen-bond acceptors (Lipinski definition) is 4. The Morgan fingerprint density at radius 3 is 2.64 bits per heavy atom. The van der Waals surface area contributed by atoms with Gasteiger partial charge < -0.3 is 15.3 Å². The number of rotatable bonds is 4. The summed E-state index contributed by atoms with van der Waals surface area (Å²) in [6.45, 7) is 0. The van der Waals surface area contributed by atoms with Crippen molar-refractivity contribution in [2.24, 2.45) is 10.9 Å². The lowest BCUT2D eigenvalue weighted by molar-refractivity contribution is 0.0515. The van der Waals surface area contributed by atoms with Crippen LogP contribution in [-0.2, 0) is 4.84 Å². The summed E-state index contributed by atoms with van der Waals surface area (Å²) in [6.07, 6.45) is 0. The molecule has 0 aliphatic heterocycles. The maximum Gasteiger partial charge on any atom is 0.365 e. The second-order valence-electron chi connectivity index (χ2n) is 4.21. The van der Waals surface area contributed by atoms with E-state index < -0.39 is 5.97 Å². The van der Waals surface area contributed by atoms with Crippen LogP contribution in [0.1, 0.15) is 15.9 Å². The van der Waals surface area contributed by atoms with Crippen molar-refractivity contribution in [3.05, 3.63) is 63.6 Å². The van der Waals surface area contributed by atoms with Crippen LogP contribution in [0, 0.1) is 0 Å². The Balaban J connectivity index is 2.14. The molecule has 0 saturated carbocycles. The van der Waals surface area contributed by atoms with E-state index in [4.69, 9.17) is 38.5 Å². The van der Waals surface area contributed by atoms with E-state index in [1.165, 1.54) is 19.2 Å². The standard InChI is InChI=1S/C15H12Cl2N2O3/c1-21-11-4-2-3-9(7-11)15(20)22-19-14(18)12-6-5-10(16)8-13(12)17/h2-8H,1H3,(H2,18,19). The summed E-state index contributed by atoms with van der Waals surface area (Å²) in [5, 5.41) is 4.37. The summed E-state index contributed by atoms with van der Waals surface area (Å²) in [6, 6.07) is 11.2. The molecule has 0 aromatic heterocycles. The third kappa shape index (κ3) is 3.90. The van der Waals surface area contributed by atoms with Crippen molar-refractivity contribution in [3.8, 4) is 5.75 Å². The smallest absolute Gasteiger partial charge is 0.365 e. The lowest BCUT2D eigenvalue weighted by atomic mass is 10.2. The van der Waals surface area contributed by atoms with Crippen LogP contribution >= 0.6 is 23.2 Å². The zero-order valence-electron chi connectivity index (χ0n) is 11.5. The first-order chi connectivity index (χ1) is 10.5.